The van der Waals surface area contributed by atoms with Crippen LogP contribution in [-0.2, 0) is 4.74 Å². The number of ether oxygens (including phenoxy) is 1. The maximum absolute atomic E-state index is 10.1. The topological polar surface area (TPSA) is 29.5 Å². The molecule has 0 heterocycles. The van der Waals surface area contributed by atoms with Crippen molar-refractivity contribution in [3.05, 3.63) is 12.2 Å². The van der Waals surface area contributed by atoms with Gasteiger partial charge in [-0.25, -0.2) is 0 Å². The molecule has 0 fully saturated rings. The Morgan fingerprint density at radius 1 is 1.31 bits per heavy atom. The molecule has 0 spiro atoms. The average molecular weight is 184 g/mol. The zero-order valence-electron chi connectivity index (χ0n) is 9.00. The van der Waals surface area contributed by atoms with Gasteiger partial charge in [-0.3, -0.25) is 0 Å². The van der Waals surface area contributed by atoms with E-state index in [4.69, 9.17) is 4.74 Å². The number of rotatable bonds is 2. The first kappa shape index (κ1) is 10.7. The maximum Gasteiger partial charge on any atom is 0.0852 e. The molecule has 1 aliphatic carbocycles. The highest BCUT2D eigenvalue weighted by atomic mass is 16.5. The van der Waals surface area contributed by atoms with Crippen LogP contribution in [0.25, 0.3) is 0 Å². The van der Waals surface area contributed by atoms with Crippen molar-refractivity contribution in [3.63, 3.8) is 0 Å². The van der Waals surface area contributed by atoms with E-state index in [-0.39, 0.29) is 11.5 Å². The molecular weight excluding hydrogens is 164 g/mol. The summed E-state index contributed by atoms with van der Waals surface area (Å²) in [7, 11) is 1.71. The van der Waals surface area contributed by atoms with Gasteiger partial charge in [-0.1, -0.05) is 26.0 Å². The van der Waals surface area contributed by atoms with E-state index in [2.05, 4.69) is 0 Å². The maximum atomic E-state index is 10.1. The van der Waals surface area contributed by atoms with Gasteiger partial charge in [0, 0.05) is 7.11 Å². The molecule has 0 amide bonds. The van der Waals surface area contributed by atoms with Crippen molar-refractivity contribution in [2.24, 2.45) is 5.92 Å². The van der Waals surface area contributed by atoms with E-state index in [0.717, 1.165) is 12.8 Å². The molecule has 0 radical (unpaired) electrons. The molecule has 2 nitrogen and oxygen atoms in total. The first-order chi connectivity index (χ1) is 5.92. The third-order valence-electron chi connectivity index (χ3n) is 3.21. The van der Waals surface area contributed by atoms with Crippen molar-refractivity contribution in [2.75, 3.05) is 7.11 Å². The molecule has 0 aliphatic heterocycles. The quantitative estimate of drug-likeness (QED) is 0.666. The van der Waals surface area contributed by atoms with Crippen LogP contribution < -0.4 is 0 Å². The van der Waals surface area contributed by atoms with Gasteiger partial charge in [-0.05, 0) is 25.7 Å². The van der Waals surface area contributed by atoms with Crippen molar-refractivity contribution in [1.82, 2.24) is 0 Å². The second-order valence-electron chi connectivity index (χ2n) is 4.50. The molecule has 1 rings (SSSR count). The van der Waals surface area contributed by atoms with Crippen LogP contribution in [0.2, 0.25) is 0 Å². The third-order valence-corrected chi connectivity index (χ3v) is 3.21. The normalized spacial score (nSPS) is 39.8. The fraction of sp³-hybridized carbons (Fsp3) is 0.818. The van der Waals surface area contributed by atoms with Gasteiger partial charge in [-0.2, -0.15) is 0 Å². The molecule has 0 unspecified atom stereocenters. The van der Waals surface area contributed by atoms with Crippen LogP contribution in [0, 0.1) is 5.92 Å². The third kappa shape index (κ3) is 2.12. The Kier molecular flexibility index (Phi) is 2.83. The monoisotopic (exact) mass is 184 g/mol. The molecule has 13 heavy (non-hydrogen) atoms. The van der Waals surface area contributed by atoms with E-state index in [9.17, 15) is 5.11 Å². The largest absolute Gasteiger partial charge is 0.386 e. The van der Waals surface area contributed by atoms with Crippen LogP contribution in [0.1, 0.15) is 33.6 Å². The lowest BCUT2D eigenvalue weighted by molar-refractivity contribution is -0.0258. The van der Waals surface area contributed by atoms with Crippen LogP contribution in [-0.4, -0.2) is 23.4 Å². The Hall–Kier alpha value is -0.340. The minimum atomic E-state index is -0.627. The lowest BCUT2D eigenvalue weighted by Gasteiger charge is -2.38. The standard InChI is InChI=1S/C11H20O2/c1-9(2)11(12)7-5-10(3,13-4)6-8-11/h5,7,9,12H,6,8H2,1-4H3/t10-,11+/m1/s1. The van der Waals surface area contributed by atoms with Gasteiger partial charge < -0.3 is 9.84 Å². The van der Waals surface area contributed by atoms with Gasteiger partial charge in [-0.15, -0.1) is 0 Å². The molecule has 0 aromatic heterocycles. The van der Waals surface area contributed by atoms with Crippen molar-refractivity contribution in [3.8, 4) is 0 Å². The minimum absolute atomic E-state index is 0.179. The second-order valence-corrected chi connectivity index (χ2v) is 4.50. The minimum Gasteiger partial charge on any atom is -0.386 e. The predicted octanol–water partition coefficient (Wildman–Crippen LogP) is 2.13. The van der Waals surface area contributed by atoms with Gasteiger partial charge in [0.15, 0.2) is 0 Å². The Balaban J connectivity index is 2.77. The lowest BCUT2D eigenvalue weighted by atomic mass is 9.77. The lowest BCUT2D eigenvalue weighted by Crippen LogP contribution is -2.41. The van der Waals surface area contributed by atoms with E-state index < -0.39 is 5.60 Å². The zero-order chi connectivity index (χ0) is 10.1. The van der Waals surface area contributed by atoms with E-state index in [1.807, 2.05) is 32.9 Å². The first-order valence-corrected chi connectivity index (χ1v) is 4.90. The van der Waals surface area contributed by atoms with Gasteiger partial charge in [0.2, 0.25) is 0 Å². The van der Waals surface area contributed by atoms with Crippen molar-refractivity contribution >= 4 is 0 Å². The van der Waals surface area contributed by atoms with Gasteiger partial charge in [0.05, 0.1) is 11.2 Å². The summed E-state index contributed by atoms with van der Waals surface area (Å²) in [6.07, 6.45) is 5.54. The summed E-state index contributed by atoms with van der Waals surface area (Å²) in [5, 5.41) is 10.1. The summed E-state index contributed by atoms with van der Waals surface area (Å²) < 4.78 is 5.35. The van der Waals surface area contributed by atoms with Crippen LogP contribution in [0.4, 0.5) is 0 Å². The Morgan fingerprint density at radius 3 is 2.23 bits per heavy atom. The fourth-order valence-corrected chi connectivity index (χ4v) is 1.59. The van der Waals surface area contributed by atoms with E-state index >= 15 is 0 Å². The fourth-order valence-electron chi connectivity index (χ4n) is 1.59. The highest BCUT2D eigenvalue weighted by molar-refractivity contribution is 5.14. The number of methoxy groups -OCH3 is 1. The summed E-state index contributed by atoms with van der Waals surface area (Å²) in [5.74, 6) is 0.269. The second kappa shape index (κ2) is 3.43. The first-order valence-electron chi connectivity index (χ1n) is 4.90. The Bertz CT molecular complexity index is 210. The van der Waals surface area contributed by atoms with E-state index in [1.165, 1.54) is 0 Å². The molecule has 1 aliphatic rings. The smallest absolute Gasteiger partial charge is 0.0852 e. The van der Waals surface area contributed by atoms with Gasteiger partial charge >= 0.3 is 0 Å². The van der Waals surface area contributed by atoms with Gasteiger partial charge in [0.1, 0.15) is 0 Å². The Labute approximate surface area is 80.6 Å². The van der Waals surface area contributed by atoms with Crippen LogP contribution in [0.5, 0.6) is 0 Å². The Morgan fingerprint density at radius 2 is 1.92 bits per heavy atom. The predicted molar refractivity (Wildman–Crippen MR) is 53.6 cm³/mol. The van der Waals surface area contributed by atoms with Gasteiger partial charge in [0.25, 0.3) is 0 Å². The number of hydrogen-bond donors (Lipinski definition) is 1. The molecule has 2 heteroatoms. The molecule has 1 N–H and O–H groups in total. The molecule has 0 saturated carbocycles. The van der Waals surface area contributed by atoms with Crippen LogP contribution in [0.3, 0.4) is 0 Å². The summed E-state index contributed by atoms with van der Waals surface area (Å²) >= 11 is 0. The van der Waals surface area contributed by atoms with Crippen LogP contribution >= 0.6 is 0 Å². The highest BCUT2D eigenvalue weighted by Gasteiger charge is 2.36. The van der Waals surface area contributed by atoms with Crippen molar-refractivity contribution in [2.45, 2.75) is 44.8 Å². The van der Waals surface area contributed by atoms with E-state index in [0.29, 0.717) is 0 Å². The van der Waals surface area contributed by atoms with Crippen molar-refractivity contribution < 1.29 is 9.84 Å². The molecule has 0 aromatic rings. The van der Waals surface area contributed by atoms with Crippen molar-refractivity contribution in [1.29, 1.82) is 0 Å². The molecular formula is C11H20O2. The molecule has 2 atom stereocenters. The molecule has 0 saturated heterocycles. The van der Waals surface area contributed by atoms with Crippen LogP contribution in [0.15, 0.2) is 12.2 Å². The zero-order valence-corrected chi connectivity index (χ0v) is 9.00. The SMILES string of the molecule is CO[C@]1(C)C=C[C@@](O)(C(C)C)CC1. The summed E-state index contributed by atoms with van der Waals surface area (Å²) in [5.41, 5.74) is -0.806. The highest BCUT2D eigenvalue weighted by Crippen LogP contribution is 2.34. The molecule has 0 aromatic carbocycles. The summed E-state index contributed by atoms with van der Waals surface area (Å²) in [6, 6.07) is 0. The number of aliphatic hydroxyl groups is 1. The van der Waals surface area contributed by atoms with E-state index in [1.54, 1.807) is 7.11 Å². The molecule has 0 bridgehead atoms. The summed E-state index contributed by atoms with van der Waals surface area (Å²) in [4.78, 5) is 0. The average Bonchev–Trinajstić information content (AvgIpc) is 2.11. The number of hydrogen-bond acceptors (Lipinski definition) is 2. The summed E-state index contributed by atoms with van der Waals surface area (Å²) in [6.45, 7) is 6.13. The molecule has 76 valence electrons.